The monoisotopic (exact) mass is 364 g/mol. The van der Waals surface area contributed by atoms with Crippen LogP contribution in [0.2, 0.25) is 0 Å². The number of nitrogens with two attached hydrogens (primary N) is 1. The Morgan fingerprint density at radius 2 is 2.04 bits per heavy atom. The number of carbonyl (C=O) groups is 3. The molecule has 0 atom stereocenters. The van der Waals surface area contributed by atoms with Crippen molar-refractivity contribution < 1.29 is 19.1 Å². The van der Waals surface area contributed by atoms with Gasteiger partial charge in [-0.1, -0.05) is 0 Å². The molecule has 3 rings (SSSR count). The lowest BCUT2D eigenvalue weighted by Gasteiger charge is -2.06. The van der Waals surface area contributed by atoms with Crippen molar-refractivity contribution in [1.82, 2.24) is 0 Å². The van der Waals surface area contributed by atoms with Gasteiger partial charge in [0.15, 0.2) is 6.61 Å². The first-order chi connectivity index (χ1) is 11.5. The van der Waals surface area contributed by atoms with E-state index >= 15 is 0 Å². The molecule has 126 valence electrons. The lowest BCUT2D eigenvalue weighted by atomic mass is 10.1. The van der Waals surface area contributed by atoms with Crippen molar-refractivity contribution >= 4 is 45.5 Å². The molecule has 0 saturated carbocycles. The zero-order valence-electron chi connectivity index (χ0n) is 13.0. The molecule has 3 N–H and O–H groups in total. The molecule has 0 fully saturated rings. The summed E-state index contributed by atoms with van der Waals surface area (Å²) in [6.45, 7) is 1.48. The van der Waals surface area contributed by atoms with Gasteiger partial charge in [-0.05, 0) is 43.9 Å². The van der Waals surface area contributed by atoms with Crippen molar-refractivity contribution in [2.75, 3.05) is 11.9 Å². The summed E-state index contributed by atoms with van der Waals surface area (Å²) in [5.41, 5.74) is 6.77. The number of aryl methyl sites for hydroxylation is 2. The van der Waals surface area contributed by atoms with Crippen molar-refractivity contribution in [3.63, 3.8) is 0 Å². The molecule has 1 aliphatic carbocycles. The van der Waals surface area contributed by atoms with Crippen LogP contribution in [0.15, 0.2) is 12.1 Å². The van der Waals surface area contributed by atoms with Crippen molar-refractivity contribution in [3.8, 4) is 0 Å². The first-order valence-corrected chi connectivity index (χ1v) is 9.06. The van der Waals surface area contributed by atoms with Crippen molar-refractivity contribution in [2.24, 2.45) is 5.73 Å². The van der Waals surface area contributed by atoms with Crippen LogP contribution in [0, 0.1) is 6.92 Å². The highest BCUT2D eigenvalue weighted by Crippen LogP contribution is 2.38. The van der Waals surface area contributed by atoms with Gasteiger partial charge in [0.05, 0.1) is 5.56 Å². The summed E-state index contributed by atoms with van der Waals surface area (Å²) >= 11 is 2.68. The summed E-state index contributed by atoms with van der Waals surface area (Å²) in [7, 11) is 0. The summed E-state index contributed by atoms with van der Waals surface area (Å²) in [6, 6.07) is 3.48. The van der Waals surface area contributed by atoms with E-state index in [0.29, 0.717) is 15.4 Å². The van der Waals surface area contributed by atoms with Crippen molar-refractivity contribution in [1.29, 1.82) is 0 Å². The zero-order valence-corrected chi connectivity index (χ0v) is 14.6. The second-order valence-corrected chi connectivity index (χ2v) is 7.85. The third-order valence-electron chi connectivity index (χ3n) is 3.70. The minimum atomic E-state index is -0.546. The normalized spacial score (nSPS) is 12.7. The molecule has 6 nitrogen and oxygen atoms in total. The molecular formula is C16H16N2O4S2. The molecule has 24 heavy (non-hydrogen) atoms. The highest BCUT2D eigenvalue weighted by Gasteiger charge is 2.26. The third-order valence-corrected chi connectivity index (χ3v) is 5.88. The van der Waals surface area contributed by atoms with Gasteiger partial charge < -0.3 is 15.8 Å². The van der Waals surface area contributed by atoms with E-state index in [4.69, 9.17) is 10.5 Å². The number of hydrogen-bond acceptors (Lipinski definition) is 6. The number of anilines is 1. The molecular weight excluding hydrogens is 348 g/mol. The van der Waals surface area contributed by atoms with Crippen LogP contribution >= 0.6 is 22.7 Å². The largest absolute Gasteiger partial charge is 0.451 e. The van der Waals surface area contributed by atoms with E-state index in [1.54, 1.807) is 6.07 Å². The van der Waals surface area contributed by atoms with E-state index < -0.39 is 24.4 Å². The van der Waals surface area contributed by atoms with Gasteiger partial charge in [0.25, 0.3) is 11.8 Å². The minimum Gasteiger partial charge on any atom is -0.451 e. The van der Waals surface area contributed by atoms with Crippen LogP contribution in [0.1, 0.15) is 41.8 Å². The number of ether oxygens (including phenoxy) is 1. The smallest absolute Gasteiger partial charge is 0.348 e. The first kappa shape index (κ1) is 16.7. The maximum absolute atomic E-state index is 12.0. The zero-order chi connectivity index (χ0) is 17.3. The molecule has 2 amide bonds. The molecule has 0 unspecified atom stereocenters. The van der Waals surface area contributed by atoms with Crippen LogP contribution in [0.25, 0.3) is 0 Å². The summed E-state index contributed by atoms with van der Waals surface area (Å²) in [5, 5.41) is 3.08. The van der Waals surface area contributed by atoms with E-state index in [0.717, 1.165) is 34.6 Å². The van der Waals surface area contributed by atoms with Gasteiger partial charge in [-0.2, -0.15) is 0 Å². The average molecular weight is 364 g/mol. The summed E-state index contributed by atoms with van der Waals surface area (Å²) in [5.74, 6) is -1.57. The predicted octanol–water partition coefficient (Wildman–Crippen LogP) is 2.50. The Hall–Kier alpha value is -2.19. The van der Waals surface area contributed by atoms with Gasteiger partial charge in [0.1, 0.15) is 9.88 Å². The summed E-state index contributed by atoms with van der Waals surface area (Å²) < 4.78 is 5.00. The van der Waals surface area contributed by atoms with Gasteiger partial charge in [0, 0.05) is 9.75 Å². The molecule has 0 bridgehead atoms. The number of carbonyl (C=O) groups excluding carboxylic acids is 3. The van der Waals surface area contributed by atoms with Gasteiger partial charge in [0.2, 0.25) is 0 Å². The van der Waals surface area contributed by atoms with Gasteiger partial charge >= 0.3 is 5.97 Å². The fraction of sp³-hybridized carbons (Fsp3) is 0.312. The number of esters is 1. The van der Waals surface area contributed by atoms with E-state index in [1.165, 1.54) is 22.7 Å². The van der Waals surface area contributed by atoms with Crippen LogP contribution in [0.3, 0.4) is 0 Å². The number of hydrogen-bond donors (Lipinski definition) is 2. The average Bonchev–Trinajstić information content (AvgIpc) is 3.19. The van der Waals surface area contributed by atoms with Gasteiger partial charge in [-0.15, -0.1) is 22.7 Å². The quantitative estimate of drug-likeness (QED) is 0.796. The number of amides is 2. The maximum atomic E-state index is 12.0. The molecule has 2 aromatic rings. The molecule has 1 aliphatic rings. The third kappa shape index (κ3) is 3.34. The molecule has 2 heterocycles. The van der Waals surface area contributed by atoms with Crippen molar-refractivity contribution in [3.05, 3.63) is 37.9 Å². The van der Waals surface area contributed by atoms with Crippen LogP contribution in [-0.4, -0.2) is 24.4 Å². The number of fused-ring (bicyclic) bond motifs is 1. The number of rotatable bonds is 5. The fourth-order valence-electron chi connectivity index (χ4n) is 2.66. The number of thiophene rings is 2. The number of nitrogens with one attached hydrogen (secondary N) is 1. The topological polar surface area (TPSA) is 98.5 Å². The van der Waals surface area contributed by atoms with E-state index in [2.05, 4.69) is 5.32 Å². The Kier molecular flexibility index (Phi) is 4.68. The van der Waals surface area contributed by atoms with Crippen LogP contribution in [0.4, 0.5) is 5.00 Å². The van der Waals surface area contributed by atoms with E-state index in [1.807, 2.05) is 13.0 Å². The molecule has 0 saturated heterocycles. The Morgan fingerprint density at radius 3 is 2.71 bits per heavy atom. The van der Waals surface area contributed by atoms with Gasteiger partial charge in [-0.3, -0.25) is 9.59 Å². The molecule has 2 aromatic heterocycles. The Bertz CT molecular complexity index is 822. The highest BCUT2D eigenvalue weighted by atomic mass is 32.1. The van der Waals surface area contributed by atoms with Crippen LogP contribution < -0.4 is 11.1 Å². The van der Waals surface area contributed by atoms with Crippen LogP contribution in [-0.2, 0) is 22.4 Å². The second-order valence-electron chi connectivity index (χ2n) is 5.46. The minimum absolute atomic E-state index is 0.390. The fourth-order valence-corrected chi connectivity index (χ4v) is 4.73. The molecule has 0 radical (unpaired) electrons. The standard InChI is InChI=1S/C16H16N2O4S2/c1-8-5-6-11(23-8)16(21)22-7-12(19)18-15-13(14(17)20)9-3-2-4-10(9)24-15/h5-6H,2-4,7H2,1H3,(H2,17,20)(H,18,19). The lowest BCUT2D eigenvalue weighted by molar-refractivity contribution is -0.119. The molecule has 0 aliphatic heterocycles. The highest BCUT2D eigenvalue weighted by molar-refractivity contribution is 7.17. The molecule has 8 heteroatoms. The lowest BCUT2D eigenvalue weighted by Crippen LogP contribution is -2.22. The Morgan fingerprint density at radius 1 is 1.25 bits per heavy atom. The molecule has 0 aromatic carbocycles. The second kappa shape index (κ2) is 6.74. The Labute approximate surface area is 146 Å². The summed E-state index contributed by atoms with van der Waals surface area (Å²) in [6.07, 6.45) is 2.68. The molecule has 0 spiro atoms. The first-order valence-electron chi connectivity index (χ1n) is 7.43. The maximum Gasteiger partial charge on any atom is 0.348 e. The van der Waals surface area contributed by atoms with Crippen molar-refractivity contribution in [2.45, 2.75) is 26.2 Å². The Balaban J connectivity index is 1.63. The van der Waals surface area contributed by atoms with Crippen LogP contribution in [0.5, 0.6) is 0 Å². The summed E-state index contributed by atoms with van der Waals surface area (Å²) in [4.78, 5) is 38.1. The van der Waals surface area contributed by atoms with E-state index in [9.17, 15) is 14.4 Å². The van der Waals surface area contributed by atoms with Gasteiger partial charge in [-0.25, -0.2) is 4.79 Å². The van der Waals surface area contributed by atoms with E-state index in [-0.39, 0.29) is 0 Å². The number of primary amides is 1. The predicted molar refractivity (Wildman–Crippen MR) is 92.8 cm³/mol. The SMILES string of the molecule is Cc1ccc(C(=O)OCC(=O)Nc2sc3c(c2C(N)=O)CCC3)s1.